The Balaban J connectivity index is -0.0000000985. The van der Waals surface area contributed by atoms with E-state index in [2.05, 4.69) is 27.7 Å². The molecule has 0 atom stereocenters. The van der Waals surface area contributed by atoms with Gasteiger partial charge in [0.2, 0.25) is 0 Å². The lowest BCUT2D eigenvalue weighted by atomic mass is 9.90. The zero-order valence-corrected chi connectivity index (χ0v) is 31.6. The van der Waals surface area contributed by atoms with Gasteiger partial charge in [-0.05, 0) is 93.3 Å². The van der Waals surface area contributed by atoms with E-state index in [1.54, 1.807) is 27.7 Å². The van der Waals surface area contributed by atoms with Crippen LogP contribution in [0.3, 0.4) is 0 Å². The Hall–Kier alpha value is -1.23. The van der Waals surface area contributed by atoms with Gasteiger partial charge in [0.25, 0.3) is 0 Å². The van der Waals surface area contributed by atoms with Gasteiger partial charge in [0.15, 0.2) is 0 Å². The van der Waals surface area contributed by atoms with Gasteiger partial charge in [0, 0.05) is 10.0 Å². The van der Waals surface area contributed by atoms with Gasteiger partial charge in [-0.25, -0.2) is 0 Å². The third-order valence-corrected chi connectivity index (χ3v) is 5.84. The molecule has 1 aliphatic rings. The average Bonchev–Trinajstić information content (AvgIpc) is 3.13. The Morgan fingerprint density at radius 2 is 0.818 bits per heavy atom. The Labute approximate surface area is 279 Å². The summed E-state index contributed by atoms with van der Waals surface area (Å²) in [4.78, 5) is 0. The molecule has 0 radical (unpaired) electrons. The van der Waals surface area contributed by atoms with Crippen LogP contribution in [0.15, 0.2) is 60.7 Å². The number of rotatable bonds is 1. The van der Waals surface area contributed by atoms with E-state index < -0.39 is 18.3 Å². The SMILES string of the molecule is CB(O)O.CB1OC(C)(C)C(C)(C)O1.CC.CC.CC(C)(O)C(C)(C)O.CF.CF.Clc1ccccc1.Clc1ccccc1. The van der Waals surface area contributed by atoms with Gasteiger partial charge in [-0.2, -0.15) is 0 Å². The van der Waals surface area contributed by atoms with Gasteiger partial charge in [-0.3, -0.25) is 8.78 Å². The number of hydrogen-bond acceptors (Lipinski definition) is 6. The number of halogens is 4. The van der Waals surface area contributed by atoms with Crippen molar-refractivity contribution in [3.8, 4) is 0 Å². The summed E-state index contributed by atoms with van der Waals surface area (Å²) in [5.41, 5.74) is -2.33. The predicted octanol–water partition coefficient (Wildman–Crippen LogP) is 9.23. The van der Waals surface area contributed by atoms with E-state index in [-0.39, 0.29) is 18.3 Å². The minimum atomic E-state index is -1.17. The Morgan fingerprint density at radius 1 is 0.636 bits per heavy atom. The van der Waals surface area contributed by atoms with Crippen LogP contribution in [0.4, 0.5) is 8.78 Å². The van der Waals surface area contributed by atoms with E-state index in [1.807, 2.05) is 95.2 Å². The summed E-state index contributed by atoms with van der Waals surface area (Å²) in [5, 5.41) is 35.0. The van der Waals surface area contributed by atoms with Crippen LogP contribution in [0.25, 0.3) is 0 Å². The molecular formula is C32H62B2Cl2F2O6. The fourth-order valence-corrected chi connectivity index (χ4v) is 2.26. The highest BCUT2D eigenvalue weighted by molar-refractivity contribution is 6.43. The molecule has 0 aliphatic carbocycles. The standard InChI is InChI=1S/C7H15BO2.2C6H5Cl.C6H14O2.2C2H6.CH5BO2.2CH3F/c1-6(2)7(3,4)10-8(5)9-6;2*7-6-4-2-1-3-5-6;1-5(2,7)6(3,4)8;2*1-2;1-2(3)4;2*1-2/h1-5H3;2*1-5H;7-8H,1-4H3;2*1-2H3;3-4H,1H3;2*1H3. The highest BCUT2D eigenvalue weighted by Gasteiger charge is 2.48. The van der Waals surface area contributed by atoms with Crippen molar-refractivity contribution in [2.45, 2.75) is 119 Å². The van der Waals surface area contributed by atoms with Gasteiger partial charge < -0.3 is 29.6 Å². The molecule has 1 heterocycles. The van der Waals surface area contributed by atoms with Crippen LogP contribution in [-0.2, 0) is 9.31 Å². The third-order valence-electron chi connectivity index (χ3n) is 5.33. The van der Waals surface area contributed by atoms with Gasteiger partial charge in [-0.1, -0.05) is 87.3 Å². The van der Waals surface area contributed by atoms with Crippen molar-refractivity contribution in [2.75, 3.05) is 14.4 Å². The molecule has 12 heteroatoms. The van der Waals surface area contributed by atoms with Crippen LogP contribution in [-0.4, -0.2) is 71.3 Å². The molecule has 1 saturated heterocycles. The first kappa shape index (κ1) is 55.2. The van der Waals surface area contributed by atoms with Crippen LogP contribution < -0.4 is 0 Å². The smallest absolute Gasteiger partial charge is 0.427 e. The number of alkyl halides is 2. The molecule has 1 fully saturated rings. The summed E-state index contributed by atoms with van der Waals surface area (Å²) in [6.07, 6.45) is 0. The molecule has 2 aromatic rings. The van der Waals surface area contributed by atoms with E-state index in [4.69, 9.17) is 52.8 Å². The molecular weight excluding hydrogens is 611 g/mol. The summed E-state index contributed by atoms with van der Waals surface area (Å²) in [6.45, 7) is 25.7. The monoisotopic (exact) mass is 672 g/mol. The van der Waals surface area contributed by atoms with Crippen LogP contribution in [0.2, 0.25) is 23.7 Å². The summed E-state index contributed by atoms with van der Waals surface area (Å²) < 4.78 is 30.1. The molecule has 4 N–H and O–H groups in total. The van der Waals surface area contributed by atoms with Crippen molar-refractivity contribution < 1.29 is 38.4 Å². The van der Waals surface area contributed by atoms with Gasteiger partial charge in [0.05, 0.1) is 36.8 Å². The second-order valence-corrected chi connectivity index (χ2v) is 11.0. The van der Waals surface area contributed by atoms with Crippen molar-refractivity contribution in [3.05, 3.63) is 70.7 Å². The summed E-state index contributed by atoms with van der Waals surface area (Å²) in [5.74, 6) is 0. The lowest BCUT2D eigenvalue weighted by molar-refractivity contribution is -0.107. The Morgan fingerprint density at radius 3 is 0.886 bits per heavy atom. The van der Waals surface area contributed by atoms with Gasteiger partial charge in [-0.15, -0.1) is 0 Å². The van der Waals surface area contributed by atoms with Crippen LogP contribution in [0.1, 0.15) is 83.1 Å². The van der Waals surface area contributed by atoms with Crippen molar-refractivity contribution in [1.29, 1.82) is 0 Å². The summed E-state index contributed by atoms with van der Waals surface area (Å²) in [7, 11) is -0.231. The number of hydrogen-bond donors (Lipinski definition) is 4. The van der Waals surface area contributed by atoms with Crippen LogP contribution in [0, 0.1) is 0 Å². The maximum atomic E-state index is 9.50. The third kappa shape index (κ3) is 35.3. The zero-order chi connectivity index (χ0) is 36.8. The molecule has 3 rings (SSSR count). The molecule has 44 heavy (non-hydrogen) atoms. The molecule has 6 nitrogen and oxygen atoms in total. The fourth-order valence-electron chi connectivity index (χ4n) is 1.97. The minimum absolute atomic E-state index is 0.0648. The molecule has 0 spiro atoms. The molecule has 260 valence electrons. The van der Waals surface area contributed by atoms with Crippen LogP contribution in [0.5, 0.6) is 0 Å². The first-order valence-electron chi connectivity index (χ1n) is 14.5. The fraction of sp³-hybridized carbons (Fsp3) is 0.625. The Kier molecular flexibility index (Phi) is 39.8. The normalized spacial score (nSPS) is 13.1. The van der Waals surface area contributed by atoms with E-state index in [0.29, 0.717) is 14.4 Å². The highest BCUT2D eigenvalue weighted by atomic mass is 35.5. The predicted molar refractivity (Wildman–Crippen MR) is 190 cm³/mol. The quantitative estimate of drug-likeness (QED) is 0.226. The van der Waals surface area contributed by atoms with Crippen LogP contribution >= 0.6 is 23.2 Å². The maximum absolute atomic E-state index is 9.50. The molecule has 1 aliphatic heterocycles. The minimum Gasteiger partial charge on any atom is -0.427 e. The highest BCUT2D eigenvalue weighted by Crippen LogP contribution is 2.36. The second-order valence-electron chi connectivity index (χ2n) is 10.2. The van der Waals surface area contributed by atoms with Crippen molar-refractivity contribution >= 4 is 37.4 Å². The molecule has 2 aromatic carbocycles. The molecule has 0 unspecified atom stereocenters. The number of benzene rings is 2. The number of aliphatic hydroxyl groups is 2. The second kappa shape index (κ2) is 31.7. The molecule has 0 amide bonds. The lowest BCUT2D eigenvalue weighted by Crippen LogP contribution is -2.44. The van der Waals surface area contributed by atoms with Crippen molar-refractivity contribution in [1.82, 2.24) is 0 Å². The topological polar surface area (TPSA) is 99.4 Å². The first-order chi connectivity index (χ1) is 20.1. The molecule has 0 bridgehead atoms. The lowest BCUT2D eigenvalue weighted by Gasteiger charge is -2.32. The summed E-state index contributed by atoms with van der Waals surface area (Å²) in [6, 6.07) is 18.9. The van der Waals surface area contributed by atoms with Crippen molar-refractivity contribution in [2.24, 2.45) is 0 Å². The molecule has 0 saturated carbocycles. The average molecular weight is 673 g/mol. The first-order valence-corrected chi connectivity index (χ1v) is 15.2. The van der Waals surface area contributed by atoms with Gasteiger partial charge in [0.1, 0.15) is 0 Å². The van der Waals surface area contributed by atoms with E-state index in [0.717, 1.165) is 10.0 Å². The zero-order valence-electron chi connectivity index (χ0n) is 30.0. The maximum Gasteiger partial charge on any atom is 0.454 e. The summed E-state index contributed by atoms with van der Waals surface area (Å²) >= 11 is 11.1. The molecule has 0 aromatic heterocycles. The van der Waals surface area contributed by atoms with E-state index in [9.17, 15) is 8.78 Å². The van der Waals surface area contributed by atoms with E-state index in [1.165, 1.54) is 6.82 Å². The van der Waals surface area contributed by atoms with Gasteiger partial charge >= 0.3 is 14.2 Å². The van der Waals surface area contributed by atoms with Crippen molar-refractivity contribution in [3.63, 3.8) is 0 Å². The Bertz CT molecular complexity index is 755. The van der Waals surface area contributed by atoms with E-state index >= 15 is 0 Å². The largest absolute Gasteiger partial charge is 0.454 e.